The Morgan fingerprint density at radius 2 is 1.62 bits per heavy atom. The first-order valence-corrected chi connectivity index (χ1v) is 18.8. The average molecular weight is 750 g/mol. The summed E-state index contributed by atoms with van der Waals surface area (Å²) in [5.74, 6) is -4.18. The minimum atomic E-state index is -1.30. The molecule has 4 N–H and O–H groups in total. The van der Waals surface area contributed by atoms with Crippen LogP contribution in [0.2, 0.25) is 0 Å². The monoisotopic (exact) mass is 749 g/mol. The van der Waals surface area contributed by atoms with Crippen molar-refractivity contribution in [2.24, 2.45) is 23.7 Å². The summed E-state index contributed by atoms with van der Waals surface area (Å²) >= 11 is 0. The number of carbonyl (C=O) groups is 5. The number of carboxylic acid groups (broad SMARTS) is 1. The van der Waals surface area contributed by atoms with Crippen molar-refractivity contribution in [2.75, 3.05) is 34.9 Å². The van der Waals surface area contributed by atoms with Gasteiger partial charge in [-0.05, 0) is 55.3 Å². The van der Waals surface area contributed by atoms with Gasteiger partial charge in [0.05, 0.1) is 42.7 Å². The Bertz CT molecular complexity index is 1380. The Kier molecular flexibility index (Phi) is 18.3. The van der Waals surface area contributed by atoms with E-state index in [1.54, 1.807) is 36.9 Å². The van der Waals surface area contributed by atoms with Crippen LogP contribution in [0.15, 0.2) is 24.3 Å². The summed E-state index contributed by atoms with van der Waals surface area (Å²) in [7, 11) is 6.37. The molecule has 1 aliphatic heterocycles. The number of halogens is 1. The maximum absolute atomic E-state index is 14.1. The van der Waals surface area contributed by atoms with Crippen molar-refractivity contribution in [2.45, 2.75) is 123 Å². The van der Waals surface area contributed by atoms with Crippen molar-refractivity contribution in [3.63, 3.8) is 0 Å². The highest BCUT2D eigenvalue weighted by Crippen LogP contribution is 2.30. The van der Waals surface area contributed by atoms with E-state index < -0.39 is 66.0 Å². The first kappa shape index (κ1) is 45.5. The quantitative estimate of drug-likeness (QED) is 0.148. The molecular formula is C39H64FN5O8. The predicted molar refractivity (Wildman–Crippen MR) is 200 cm³/mol. The highest BCUT2D eigenvalue weighted by atomic mass is 19.1. The zero-order valence-corrected chi connectivity index (χ0v) is 33.5. The van der Waals surface area contributed by atoms with Gasteiger partial charge in [-0.15, -0.1) is 0 Å². The Morgan fingerprint density at radius 3 is 2.13 bits per heavy atom. The Balaban J connectivity index is 2.27. The van der Waals surface area contributed by atoms with Crippen molar-refractivity contribution >= 4 is 29.6 Å². The highest BCUT2D eigenvalue weighted by molar-refractivity contribution is 5.90. The summed E-state index contributed by atoms with van der Waals surface area (Å²) in [5, 5.41) is 18.4. The van der Waals surface area contributed by atoms with Gasteiger partial charge in [0.2, 0.25) is 23.6 Å². The minimum Gasteiger partial charge on any atom is -0.480 e. The number of carbonyl (C=O) groups excluding carboxylic acids is 4. The van der Waals surface area contributed by atoms with Crippen LogP contribution in [-0.2, 0) is 39.9 Å². The summed E-state index contributed by atoms with van der Waals surface area (Å²) in [4.78, 5) is 70.2. The number of hydrogen-bond acceptors (Lipinski definition) is 8. The number of ether oxygens (including phenoxy) is 2. The Morgan fingerprint density at radius 1 is 0.981 bits per heavy atom. The van der Waals surface area contributed by atoms with E-state index in [1.165, 1.54) is 32.4 Å². The second-order valence-corrected chi connectivity index (χ2v) is 15.1. The number of rotatable bonds is 21. The fourth-order valence-electron chi connectivity index (χ4n) is 7.45. The molecule has 0 spiro atoms. The molecule has 1 aromatic rings. The van der Waals surface area contributed by atoms with Gasteiger partial charge in [-0.25, -0.2) is 9.18 Å². The molecule has 1 aromatic carbocycles. The summed E-state index contributed by atoms with van der Waals surface area (Å²) in [6, 6.07) is 2.02. The standard InChI is InChI=1S/C39H64FN5O8/c1-12-24(6)34(44(9)38(49)33(23(4)5)43-37(48)32(41-8)22(2)3)30(52-10)21-31(46)45-18-14-17-29(45)35(53-11)25(7)36(47)42-28(39(50)51)20-26-15-13-16-27(40)19-26/h13,15-16,19,22-25,28-30,32-35,41H,12,14,17-18,20-21H2,1-11H3,(H,42,47)(H,43,48)(H,50,51)/t24-,25+,28?,29?,30+,32?,33?,34-,35+/m0/s1. The van der Waals surface area contributed by atoms with Crippen molar-refractivity contribution in [1.29, 1.82) is 0 Å². The number of aliphatic carboxylic acids is 1. The normalized spacial score (nSPS) is 19.1. The maximum Gasteiger partial charge on any atom is 0.326 e. The van der Waals surface area contributed by atoms with E-state index in [9.17, 15) is 33.5 Å². The molecule has 1 fully saturated rings. The molecule has 4 unspecified atom stereocenters. The lowest BCUT2D eigenvalue weighted by Gasteiger charge is -2.41. The lowest BCUT2D eigenvalue weighted by molar-refractivity contribution is -0.148. The number of hydrogen-bond donors (Lipinski definition) is 4. The fourth-order valence-corrected chi connectivity index (χ4v) is 7.45. The number of likely N-dealkylation sites (N-methyl/N-ethyl adjacent to an activating group) is 2. The molecule has 1 saturated heterocycles. The van der Waals surface area contributed by atoms with Crippen LogP contribution in [0.3, 0.4) is 0 Å². The number of likely N-dealkylation sites (tertiary alicyclic amines) is 1. The van der Waals surface area contributed by atoms with Crippen molar-refractivity contribution in [3.8, 4) is 0 Å². The Hall–Kier alpha value is -3.62. The maximum atomic E-state index is 14.1. The SMILES string of the molecule is CC[C@H](C)[C@@H]([C@@H](CC(=O)N1CCCC1[C@H](OC)[C@@H](C)C(=O)NC(Cc1cccc(F)c1)C(=O)O)OC)N(C)C(=O)C(NC(=O)C(NC)C(C)C)C(C)C. The minimum absolute atomic E-state index is 0.00955. The van der Waals surface area contributed by atoms with Gasteiger partial charge < -0.3 is 40.3 Å². The van der Waals surface area contributed by atoms with Crippen LogP contribution in [0.1, 0.15) is 79.7 Å². The largest absolute Gasteiger partial charge is 0.480 e. The lowest BCUT2D eigenvalue weighted by Crippen LogP contribution is -2.59. The van der Waals surface area contributed by atoms with Crippen LogP contribution in [-0.4, -0.2) is 122 Å². The summed E-state index contributed by atoms with van der Waals surface area (Å²) in [6.45, 7) is 13.7. The Labute approximate surface area is 315 Å². The van der Waals surface area contributed by atoms with Gasteiger partial charge in [-0.2, -0.15) is 0 Å². The first-order chi connectivity index (χ1) is 24.9. The number of benzene rings is 1. The van der Waals surface area contributed by atoms with Crippen LogP contribution in [0, 0.1) is 29.5 Å². The van der Waals surface area contributed by atoms with Gasteiger partial charge in [0, 0.05) is 34.2 Å². The van der Waals surface area contributed by atoms with Crippen LogP contribution in [0.5, 0.6) is 0 Å². The van der Waals surface area contributed by atoms with Crippen molar-refractivity contribution in [1.82, 2.24) is 25.8 Å². The topological polar surface area (TPSA) is 167 Å². The third kappa shape index (κ3) is 12.2. The van der Waals surface area contributed by atoms with E-state index in [4.69, 9.17) is 9.47 Å². The highest BCUT2D eigenvalue weighted by Gasteiger charge is 2.43. The zero-order chi connectivity index (χ0) is 40.2. The van der Waals surface area contributed by atoms with E-state index in [0.29, 0.717) is 31.4 Å². The molecule has 0 bridgehead atoms. The molecule has 14 heteroatoms. The third-order valence-electron chi connectivity index (χ3n) is 10.7. The predicted octanol–water partition coefficient (Wildman–Crippen LogP) is 3.24. The van der Waals surface area contributed by atoms with Crippen molar-refractivity contribution < 1.29 is 42.9 Å². The molecule has 0 aliphatic carbocycles. The van der Waals surface area contributed by atoms with Gasteiger partial charge in [-0.3, -0.25) is 19.2 Å². The molecule has 0 radical (unpaired) electrons. The van der Waals surface area contributed by atoms with Gasteiger partial charge in [0.1, 0.15) is 17.9 Å². The van der Waals surface area contributed by atoms with Crippen LogP contribution >= 0.6 is 0 Å². The zero-order valence-electron chi connectivity index (χ0n) is 33.5. The number of methoxy groups -OCH3 is 2. The molecule has 9 atom stereocenters. The molecule has 1 heterocycles. The van der Waals surface area contributed by atoms with E-state index in [1.807, 2.05) is 41.5 Å². The molecule has 1 aliphatic rings. The van der Waals surface area contributed by atoms with E-state index in [-0.39, 0.29) is 48.3 Å². The van der Waals surface area contributed by atoms with Gasteiger partial charge >= 0.3 is 5.97 Å². The molecule has 2 rings (SSSR count). The van der Waals surface area contributed by atoms with Crippen LogP contribution in [0.25, 0.3) is 0 Å². The summed E-state index contributed by atoms with van der Waals surface area (Å²) < 4.78 is 25.5. The molecule has 0 aromatic heterocycles. The fraction of sp³-hybridized carbons (Fsp3) is 0.718. The number of carboxylic acids is 1. The van der Waals surface area contributed by atoms with Crippen molar-refractivity contribution in [3.05, 3.63) is 35.6 Å². The molecule has 13 nitrogen and oxygen atoms in total. The van der Waals surface area contributed by atoms with Gasteiger partial charge in [-0.1, -0.05) is 67.0 Å². The lowest BCUT2D eigenvalue weighted by atomic mass is 9.89. The number of nitrogens with one attached hydrogen (secondary N) is 3. The first-order valence-electron chi connectivity index (χ1n) is 18.8. The smallest absolute Gasteiger partial charge is 0.326 e. The molecular weight excluding hydrogens is 685 g/mol. The summed E-state index contributed by atoms with van der Waals surface area (Å²) in [5.41, 5.74) is 0.426. The number of amides is 4. The molecule has 300 valence electrons. The van der Waals surface area contributed by atoms with Gasteiger partial charge in [0.25, 0.3) is 0 Å². The molecule has 0 saturated carbocycles. The van der Waals surface area contributed by atoms with E-state index in [2.05, 4.69) is 16.0 Å². The van der Waals surface area contributed by atoms with Crippen LogP contribution in [0.4, 0.5) is 4.39 Å². The second-order valence-electron chi connectivity index (χ2n) is 15.1. The number of nitrogens with zero attached hydrogens (tertiary/aromatic N) is 2. The second kappa shape index (κ2) is 21.3. The van der Waals surface area contributed by atoms with Gasteiger partial charge in [0.15, 0.2) is 0 Å². The van der Waals surface area contributed by atoms with Crippen LogP contribution < -0.4 is 16.0 Å². The molecule has 4 amide bonds. The average Bonchev–Trinajstić information content (AvgIpc) is 3.59. The summed E-state index contributed by atoms with van der Waals surface area (Å²) in [6.07, 6.45) is 0.360. The van der Waals surface area contributed by atoms with E-state index >= 15 is 0 Å². The third-order valence-corrected chi connectivity index (χ3v) is 10.7. The van der Waals surface area contributed by atoms with E-state index in [0.717, 1.165) is 0 Å². The molecule has 53 heavy (non-hydrogen) atoms.